The van der Waals surface area contributed by atoms with Gasteiger partial charge in [-0.05, 0) is 56.6 Å². The van der Waals surface area contributed by atoms with E-state index in [9.17, 15) is 4.79 Å². The molecule has 2 N–H and O–H groups in total. The van der Waals surface area contributed by atoms with Crippen molar-refractivity contribution in [3.63, 3.8) is 0 Å². The van der Waals surface area contributed by atoms with Gasteiger partial charge in [0, 0.05) is 37.0 Å². The number of nitrogens with zero attached hydrogens (tertiary/aromatic N) is 2. The minimum Gasteiger partial charge on any atom is -0.357 e. The Morgan fingerprint density at radius 1 is 1.32 bits per heavy atom. The average Bonchev–Trinajstić information content (AvgIpc) is 3.09. The first-order valence-corrected chi connectivity index (χ1v) is 11.3. The molecule has 1 unspecified atom stereocenters. The van der Waals surface area contributed by atoms with Crippen LogP contribution in [0.1, 0.15) is 50.7 Å². The molecule has 0 bridgehead atoms. The molecule has 0 spiro atoms. The molecule has 1 amide bonds. The second-order valence-electron chi connectivity index (χ2n) is 6.98. The van der Waals surface area contributed by atoms with Gasteiger partial charge in [-0.3, -0.25) is 4.79 Å². The first-order chi connectivity index (χ1) is 13.1. The zero-order valence-electron chi connectivity index (χ0n) is 17.6. The number of halogens is 1. The van der Waals surface area contributed by atoms with Crippen molar-refractivity contribution < 1.29 is 4.79 Å². The fourth-order valence-corrected chi connectivity index (χ4v) is 4.18. The van der Waals surface area contributed by atoms with Crippen LogP contribution in [-0.2, 0) is 11.3 Å². The van der Waals surface area contributed by atoms with E-state index >= 15 is 0 Å². The van der Waals surface area contributed by atoms with E-state index in [0.717, 1.165) is 44.9 Å². The van der Waals surface area contributed by atoms with E-state index < -0.39 is 0 Å². The van der Waals surface area contributed by atoms with E-state index in [2.05, 4.69) is 60.8 Å². The van der Waals surface area contributed by atoms with Gasteiger partial charge in [-0.25, -0.2) is 4.99 Å². The summed E-state index contributed by atoms with van der Waals surface area (Å²) >= 11 is 1.77. The summed E-state index contributed by atoms with van der Waals surface area (Å²) in [6.45, 7) is 9.58. The molecule has 1 fully saturated rings. The van der Waals surface area contributed by atoms with Gasteiger partial charge in [-0.1, -0.05) is 19.1 Å². The van der Waals surface area contributed by atoms with Crippen molar-refractivity contribution in [2.75, 3.05) is 25.9 Å². The van der Waals surface area contributed by atoms with Crippen LogP contribution >= 0.6 is 35.7 Å². The highest BCUT2D eigenvalue weighted by Crippen LogP contribution is 2.22. The minimum absolute atomic E-state index is 0. The van der Waals surface area contributed by atoms with E-state index in [4.69, 9.17) is 4.99 Å². The summed E-state index contributed by atoms with van der Waals surface area (Å²) in [4.78, 5) is 20.1. The lowest BCUT2D eigenvalue weighted by Crippen LogP contribution is -2.42. The standard InChI is InChI=1S/C21H34N4OS.HI/c1-5-18(25-13-7-8-20(25)26)11-12-23-21(22-6-2)24-15-17-10-9-16(3)14-19(17)27-4;/h9-10,14,18H,5-8,11-13,15H2,1-4H3,(H2,22,23,24);1H. The fourth-order valence-electron chi connectivity index (χ4n) is 3.48. The van der Waals surface area contributed by atoms with Gasteiger partial charge in [0.25, 0.3) is 0 Å². The quantitative estimate of drug-likeness (QED) is 0.223. The molecule has 7 heteroatoms. The number of hydrogen-bond acceptors (Lipinski definition) is 3. The van der Waals surface area contributed by atoms with Gasteiger partial charge in [0.05, 0.1) is 6.54 Å². The molecule has 28 heavy (non-hydrogen) atoms. The van der Waals surface area contributed by atoms with Gasteiger partial charge in [-0.2, -0.15) is 0 Å². The molecule has 0 radical (unpaired) electrons. The number of carbonyl (C=O) groups is 1. The summed E-state index contributed by atoms with van der Waals surface area (Å²) in [6.07, 6.45) is 5.77. The summed E-state index contributed by atoms with van der Waals surface area (Å²) in [5, 5.41) is 6.76. The molecule has 1 atom stereocenters. The number of likely N-dealkylation sites (tertiary alicyclic amines) is 1. The first-order valence-electron chi connectivity index (χ1n) is 10.0. The lowest BCUT2D eigenvalue weighted by molar-refractivity contribution is -0.129. The highest BCUT2D eigenvalue weighted by Gasteiger charge is 2.26. The summed E-state index contributed by atoms with van der Waals surface area (Å²) in [6, 6.07) is 6.86. The summed E-state index contributed by atoms with van der Waals surface area (Å²) in [5.74, 6) is 1.15. The Morgan fingerprint density at radius 2 is 2.11 bits per heavy atom. The van der Waals surface area contributed by atoms with E-state index in [1.807, 2.05) is 0 Å². The Bertz CT molecular complexity index is 653. The lowest BCUT2D eigenvalue weighted by atomic mass is 10.1. The maximum Gasteiger partial charge on any atom is 0.222 e. The number of carbonyl (C=O) groups excluding carboxylic acids is 1. The highest BCUT2D eigenvalue weighted by molar-refractivity contribution is 14.0. The number of thioether (sulfide) groups is 1. The van der Waals surface area contributed by atoms with Crippen molar-refractivity contribution in [2.45, 2.75) is 63.9 Å². The number of nitrogens with one attached hydrogen (secondary N) is 2. The van der Waals surface area contributed by atoms with Crippen LogP contribution < -0.4 is 10.6 Å². The number of rotatable bonds is 9. The molecular formula is C21H35IN4OS. The average molecular weight is 519 g/mol. The van der Waals surface area contributed by atoms with Gasteiger partial charge >= 0.3 is 0 Å². The zero-order valence-corrected chi connectivity index (χ0v) is 20.7. The maximum absolute atomic E-state index is 12.0. The molecule has 0 aromatic heterocycles. The topological polar surface area (TPSA) is 56.7 Å². The van der Waals surface area contributed by atoms with Crippen molar-refractivity contribution in [3.05, 3.63) is 29.3 Å². The van der Waals surface area contributed by atoms with Gasteiger partial charge in [0.1, 0.15) is 0 Å². The predicted octanol–water partition coefficient (Wildman–Crippen LogP) is 4.18. The predicted molar refractivity (Wildman–Crippen MR) is 131 cm³/mol. The van der Waals surface area contributed by atoms with E-state index in [0.29, 0.717) is 24.9 Å². The molecule has 0 aliphatic carbocycles. The fraction of sp³-hybridized carbons (Fsp3) is 0.619. The van der Waals surface area contributed by atoms with Gasteiger partial charge in [0.15, 0.2) is 5.96 Å². The summed E-state index contributed by atoms with van der Waals surface area (Å²) in [7, 11) is 0. The molecular weight excluding hydrogens is 483 g/mol. The minimum atomic E-state index is 0. The Balaban J connectivity index is 0.00000392. The number of guanidine groups is 1. The van der Waals surface area contributed by atoms with Gasteiger partial charge in [-0.15, -0.1) is 35.7 Å². The molecule has 1 aromatic carbocycles. The zero-order chi connectivity index (χ0) is 19.6. The molecule has 1 aliphatic rings. The molecule has 0 saturated carbocycles. The molecule has 1 saturated heterocycles. The first kappa shape index (κ1) is 25.1. The second kappa shape index (κ2) is 13.3. The van der Waals surface area contributed by atoms with Crippen molar-refractivity contribution in [1.29, 1.82) is 0 Å². The van der Waals surface area contributed by atoms with Crippen molar-refractivity contribution in [2.24, 2.45) is 4.99 Å². The van der Waals surface area contributed by atoms with Crippen LogP contribution in [0.15, 0.2) is 28.1 Å². The monoisotopic (exact) mass is 518 g/mol. The normalized spacial score (nSPS) is 15.4. The Labute approximate surface area is 191 Å². The van der Waals surface area contributed by atoms with Crippen LogP contribution in [0.3, 0.4) is 0 Å². The van der Waals surface area contributed by atoms with Gasteiger partial charge in [0.2, 0.25) is 5.91 Å². The highest BCUT2D eigenvalue weighted by atomic mass is 127. The maximum atomic E-state index is 12.0. The SMILES string of the molecule is CCNC(=NCc1ccc(C)cc1SC)NCCC(CC)N1CCCC1=O.I. The van der Waals surface area contributed by atoms with Crippen molar-refractivity contribution >= 4 is 47.6 Å². The molecule has 1 heterocycles. The van der Waals surface area contributed by atoms with E-state index in [-0.39, 0.29) is 24.0 Å². The molecule has 158 valence electrons. The third kappa shape index (κ3) is 7.46. The van der Waals surface area contributed by atoms with E-state index in [1.165, 1.54) is 16.0 Å². The molecule has 2 rings (SSSR count). The Morgan fingerprint density at radius 3 is 2.71 bits per heavy atom. The number of benzene rings is 1. The third-order valence-corrected chi connectivity index (χ3v) is 5.81. The smallest absolute Gasteiger partial charge is 0.222 e. The summed E-state index contributed by atoms with van der Waals surface area (Å²) < 4.78 is 0. The lowest BCUT2D eigenvalue weighted by Gasteiger charge is -2.27. The molecule has 1 aliphatic heterocycles. The van der Waals surface area contributed by atoms with Crippen molar-refractivity contribution in [3.8, 4) is 0 Å². The Hall–Kier alpha value is -0.960. The van der Waals surface area contributed by atoms with Gasteiger partial charge < -0.3 is 15.5 Å². The second-order valence-corrected chi connectivity index (χ2v) is 7.83. The number of hydrogen-bond donors (Lipinski definition) is 2. The molecule has 5 nitrogen and oxygen atoms in total. The van der Waals surface area contributed by atoms with Crippen LogP contribution in [0.5, 0.6) is 0 Å². The van der Waals surface area contributed by atoms with Crippen LogP contribution in [0.2, 0.25) is 0 Å². The van der Waals surface area contributed by atoms with Crippen LogP contribution in [0, 0.1) is 6.92 Å². The Kier molecular flexibility index (Phi) is 11.9. The van der Waals surface area contributed by atoms with Crippen molar-refractivity contribution in [1.82, 2.24) is 15.5 Å². The van der Waals surface area contributed by atoms with E-state index in [1.54, 1.807) is 11.8 Å². The largest absolute Gasteiger partial charge is 0.357 e. The van der Waals surface area contributed by atoms with Crippen LogP contribution in [-0.4, -0.2) is 48.7 Å². The number of amides is 1. The summed E-state index contributed by atoms with van der Waals surface area (Å²) in [5.41, 5.74) is 2.53. The number of aliphatic imine (C=N–C) groups is 1. The van der Waals surface area contributed by atoms with Crippen LogP contribution in [0.4, 0.5) is 0 Å². The third-order valence-electron chi connectivity index (χ3n) is 4.99. The number of aryl methyl sites for hydroxylation is 1. The van der Waals surface area contributed by atoms with Crippen LogP contribution in [0.25, 0.3) is 0 Å². The molecule has 1 aromatic rings.